The van der Waals surface area contributed by atoms with Crippen molar-refractivity contribution in [3.63, 3.8) is 0 Å². The number of hydrogen-bond donors (Lipinski definition) is 1. The Morgan fingerprint density at radius 2 is 2.00 bits per heavy atom. The number of aromatic nitrogens is 1. The molecule has 2 heterocycles. The summed E-state index contributed by atoms with van der Waals surface area (Å²) in [6, 6.07) is 15.5. The van der Waals surface area contributed by atoms with Crippen molar-refractivity contribution >= 4 is 17.3 Å². The van der Waals surface area contributed by atoms with Crippen LogP contribution < -0.4 is 0 Å². The van der Waals surface area contributed by atoms with E-state index in [1.807, 2.05) is 24.3 Å². The smallest absolute Gasteiger partial charge is 0.336 e. The standard InChI is InChI=1S/C23H24N2O2S/c1-16-15-28-22(24-16)19-5-4-12-25(14-19)13-17-8-10-18(11-9-17)20-6-2-3-7-21(20)23(26)27/h2-3,6-11,15,19H,4-5,12-14H2,1H3,(H,26,27)/t19-/m0/s1. The SMILES string of the molecule is Cc1csc([C@H]2CCCN(Cc3ccc(-c4ccccc4C(=O)O)cc3)C2)n1. The van der Waals surface area contributed by atoms with Gasteiger partial charge in [-0.15, -0.1) is 11.3 Å². The summed E-state index contributed by atoms with van der Waals surface area (Å²) >= 11 is 1.78. The molecule has 4 nitrogen and oxygen atoms in total. The van der Waals surface area contributed by atoms with E-state index in [9.17, 15) is 9.90 Å². The van der Waals surface area contributed by atoms with Gasteiger partial charge in [0, 0.05) is 30.1 Å². The highest BCUT2D eigenvalue weighted by molar-refractivity contribution is 7.09. The molecule has 1 atom stereocenters. The number of piperidine rings is 1. The lowest BCUT2D eigenvalue weighted by molar-refractivity contribution is 0.0697. The Labute approximate surface area is 169 Å². The van der Waals surface area contributed by atoms with Crippen LogP contribution in [0.5, 0.6) is 0 Å². The van der Waals surface area contributed by atoms with Gasteiger partial charge in [-0.3, -0.25) is 4.90 Å². The Balaban J connectivity index is 1.45. The van der Waals surface area contributed by atoms with Gasteiger partial charge in [0.25, 0.3) is 0 Å². The molecule has 144 valence electrons. The first kappa shape index (κ1) is 18.8. The van der Waals surface area contributed by atoms with E-state index in [1.54, 1.807) is 23.5 Å². The van der Waals surface area contributed by atoms with Gasteiger partial charge < -0.3 is 5.11 Å². The molecule has 2 aromatic carbocycles. The lowest BCUT2D eigenvalue weighted by Gasteiger charge is -2.31. The van der Waals surface area contributed by atoms with Gasteiger partial charge in [0.2, 0.25) is 0 Å². The van der Waals surface area contributed by atoms with E-state index in [-0.39, 0.29) is 0 Å². The number of carboxylic acids is 1. The van der Waals surface area contributed by atoms with E-state index >= 15 is 0 Å². The van der Waals surface area contributed by atoms with Crippen LogP contribution in [0.3, 0.4) is 0 Å². The first-order valence-corrected chi connectivity index (χ1v) is 10.5. The fourth-order valence-corrected chi connectivity index (χ4v) is 4.86. The van der Waals surface area contributed by atoms with Crippen molar-refractivity contribution in [2.24, 2.45) is 0 Å². The van der Waals surface area contributed by atoms with Crippen molar-refractivity contribution in [3.05, 3.63) is 75.7 Å². The van der Waals surface area contributed by atoms with Crippen LogP contribution in [0, 0.1) is 6.92 Å². The highest BCUT2D eigenvalue weighted by atomic mass is 32.1. The number of benzene rings is 2. The molecule has 0 spiro atoms. The second kappa shape index (κ2) is 8.25. The maximum Gasteiger partial charge on any atom is 0.336 e. The Morgan fingerprint density at radius 1 is 1.21 bits per heavy atom. The number of thiazole rings is 1. The molecule has 4 rings (SSSR count). The Hall–Kier alpha value is -2.50. The summed E-state index contributed by atoms with van der Waals surface area (Å²) < 4.78 is 0. The van der Waals surface area contributed by atoms with Crippen LogP contribution in [0.2, 0.25) is 0 Å². The highest BCUT2D eigenvalue weighted by Gasteiger charge is 2.23. The first-order valence-electron chi connectivity index (χ1n) is 9.66. The van der Waals surface area contributed by atoms with Gasteiger partial charge in [0.15, 0.2) is 0 Å². The van der Waals surface area contributed by atoms with Crippen LogP contribution in [-0.4, -0.2) is 34.0 Å². The Kier molecular flexibility index (Phi) is 5.55. The summed E-state index contributed by atoms with van der Waals surface area (Å²) in [5, 5.41) is 12.8. The minimum atomic E-state index is -0.892. The number of carboxylic acid groups (broad SMARTS) is 1. The highest BCUT2D eigenvalue weighted by Crippen LogP contribution is 2.30. The molecule has 1 fully saturated rings. The molecule has 1 aliphatic rings. The fourth-order valence-electron chi connectivity index (χ4n) is 3.93. The van der Waals surface area contributed by atoms with E-state index in [2.05, 4.69) is 34.3 Å². The molecule has 3 aromatic rings. The van der Waals surface area contributed by atoms with E-state index in [4.69, 9.17) is 0 Å². The third kappa shape index (κ3) is 4.16. The molecule has 1 aliphatic heterocycles. The van der Waals surface area contributed by atoms with Crippen LogP contribution in [0.4, 0.5) is 0 Å². The predicted octanol–water partition coefficient (Wildman–Crippen LogP) is 5.20. The first-order chi connectivity index (χ1) is 13.6. The van der Waals surface area contributed by atoms with Gasteiger partial charge in [-0.05, 0) is 49.1 Å². The lowest BCUT2D eigenvalue weighted by atomic mass is 9.97. The second-order valence-electron chi connectivity index (χ2n) is 7.45. The monoisotopic (exact) mass is 392 g/mol. The third-order valence-electron chi connectivity index (χ3n) is 5.32. The molecular formula is C23H24N2O2S. The van der Waals surface area contributed by atoms with Gasteiger partial charge in [-0.25, -0.2) is 9.78 Å². The summed E-state index contributed by atoms with van der Waals surface area (Å²) in [6.07, 6.45) is 2.42. The van der Waals surface area contributed by atoms with Crippen molar-refractivity contribution < 1.29 is 9.90 Å². The molecule has 1 aromatic heterocycles. The maximum absolute atomic E-state index is 11.5. The zero-order valence-electron chi connectivity index (χ0n) is 16.0. The molecule has 0 bridgehead atoms. The van der Waals surface area contributed by atoms with Crippen molar-refractivity contribution in [2.75, 3.05) is 13.1 Å². The molecule has 0 aliphatic carbocycles. The number of carbonyl (C=O) groups is 1. The van der Waals surface area contributed by atoms with Crippen molar-refractivity contribution in [3.8, 4) is 11.1 Å². The van der Waals surface area contributed by atoms with Crippen LogP contribution in [-0.2, 0) is 6.54 Å². The molecule has 1 N–H and O–H groups in total. The molecule has 0 amide bonds. The normalized spacial score (nSPS) is 17.5. The van der Waals surface area contributed by atoms with E-state index < -0.39 is 5.97 Å². The minimum Gasteiger partial charge on any atom is -0.478 e. The maximum atomic E-state index is 11.5. The van der Waals surface area contributed by atoms with Crippen LogP contribution >= 0.6 is 11.3 Å². The van der Waals surface area contributed by atoms with Crippen molar-refractivity contribution in [1.29, 1.82) is 0 Å². The average molecular weight is 393 g/mol. The summed E-state index contributed by atoms with van der Waals surface area (Å²) in [6.45, 7) is 5.15. The Morgan fingerprint density at radius 3 is 2.71 bits per heavy atom. The van der Waals surface area contributed by atoms with Crippen molar-refractivity contribution in [1.82, 2.24) is 9.88 Å². The zero-order chi connectivity index (χ0) is 19.5. The number of aromatic carboxylic acids is 1. The van der Waals surface area contributed by atoms with Gasteiger partial charge >= 0.3 is 5.97 Å². The largest absolute Gasteiger partial charge is 0.478 e. The molecular weight excluding hydrogens is 368 g/mol. The number of aryl methyl sites for hydroxylation is 1. The summed E-state index contributed by atoms with van der Waals surface area (Å²) in [5.41, 5.74) is 4.42. The number of hydrogen-bond acceptors (Lipinski definition) is 4. The minimum absolute atomic E-state index is 0.341. The van der Waals surface area contributed by atoms with E-state index in [1.165, 1.54) is 23.4 Å². The molecule has 28 heavy (non-hydrogen) atoms. The topological polar surface area (TPSA) is 53.4 Å². The second-order valence-corrected chi connectivity index (χ2v) is 8.34. The van der Waals surface area contributed by atoms with Gasteiger partial charge in [0.1, 0.15) is 0 Å². The molecule has 5 heteroatoms. The van der Waals surface area contributed by atoms with Crippen molar-refractivity contribution in [2.45, 2.75) is 32.2 Å². The summed E-state index contributed by atoms with van der Waals surface area (Å²) in [5.74, 6) is -0.356. The number of nitrogens with zero attached hydrogens (tertiary/aromatic N) is 2. The van der Waals surface area contributed by atoms with E-state index in [0.29, 0.717) is 11.5 Å². The van der Waals surface area contributed by atoms with Gasteiger partial charge in [-0.1, -0.05) is 42.5 Å². The average Bonchev–Trinajstić information content (AvgIpc) is 3.15. The Bertz CT molecular complexity index is 965. The lowest BCUT2D eigenvalue weighted by Crippen LogP contribution is -2.33. The van der Waals surface area contributed by atoms with E-state index in [0.717, 1.165) is 36.5 Å². The van der Waals surface area contributed by atoms with Gasteiger partial charge in [-0.2, -0.15) is 0 Å². The fraction of sp³-hybridized carbons (Fsp3) is 0.304. The third-order valence-corrected chi connectivity index (χ3v) is 6.45. The number of rotatable bonds is 5. The number of likely N-dealkylation sites (tertiary alicyclic amines) is 1. The molecule has 1 saturated heterocycles. The van der Waals surface area contributed by atoms with Gasteiger partial charge in [0.05, 0.1) is 10.6 Å². The predicted molar refractivity (Wildman–Crippen MR) is 113 cm³/mol. The molecule has 0 unspecified atom stereocenters. The summed E-state index contributed by atoms with van der Waals surface area (Å²) in [7, 11) is 0. The zero-order valence-corrected chi connectivity index (χ0v) is 16.8. The summed E-state index contributed by atoms with van der Waals surface area (Å²) in [4.78, 5) is 18.7. The molecule has 0 radical (unpaired) electrons. The van der Waals surface area contributed by atoms with Crippen LogP contribution in [0.25, 0.3) is 11.1 Å². The quantitative estimate of drug-likeness (QED) is 0.649. The van der Waals surface area contributed by atoms with Crippen LogP contribution in [0.1, 0.15) is 45.4 Å². The van der Waals surface area contributed by atoms with Crippen LogP contribution in [0.15, 0.2) is 53.9 Å². The molecule has 0 saturated carbocycles.